The van der Waals surface area contributed by atoms with Crippen LogP contribution in [0.2, 0.25) is 5.02 Å². The van der Waals surface area contributed by atoms with Crippen molar-refractivity contribution in [3.63, 3.8) is 0 Å². The Morgan fingerprint density at radius 1 is 1.20 bits per heavy atom. The molecule has 0 aliphatic carbocycles. The van der Waals surface area contributed by atoms with Gasteiger partial charge in [0.05, 0.1) is 33.0 Å². The first-order valence-electron chi connectivity index (χ1n) is 8.21. The summed E-state index contributed by atoms with van der Waals surface area (Å²) in [6, 6.07) is 14.8. The quantitative estimate of drug-likeness (QED) is 0.672. The summed E-state index contributed by atoms with van der Waals surface area (Å²) in [7, 11) is 3.54. The molecule has 2 rings (SSSR count). The molecule has 2 aromatic carbocycles. The van der Waals surface area contributed by atoms with Crippen molar-refractivity contribution >= 4 is 23.2 Å². The molecule has 0 spiro atoms. The van der Waals surface area contributed by atoms with Crippen LogP contribution >= 0.6 is 11.6 Å². The lowest BCUT2D eigenvalue weighted by Crippen LogP contribution is -3.10. The molecule has 2 aromatic rings. The number of hydrogen-bond acceptors (Lipinski definition) is 3. The zero-order valence-electron chi connectivity index (χ0n) is 14.5. The zero-order chi connectivity index (χ0) is 18.1. The van der Waals surface area contributed by atoms with Crippen LogP contribution in [0.5, 0.6) is 11.5 Å². The van der Waals surface area contributed by atoms with E-state index in [1.54, 1.807) is 25.3 Å². The number of benzene rings is 2. The van der Waals surface area contributed by atoms with E-state index >= 15 is 0 Å². The van der Waals surface area contributed by atoms with E-state index in [0.29, 0.717) is 29.6 Å². The van der Waals surface area contributed by atoms with Crippen LogP contribution in [-0.4, -0.2) is 39.8 Å². The SMILES string of the molecule is COc1ccc(Cl)cc1NC(=O)C[NH+](C)CCCOc1ccccc1. The van der Waals surface area contributed by atoms with Gasteiger partial charge in [-0.2, -0.15) is 0 Å². The minimum Gasteiger partial charge on any atom is -0.495 e. The van der Waals surface area contributed by atoms with E-state index in [1.807, 2.05) is 37.4 Å². The monoisotopic (exact) mass is 363 g/mol. The number of ether oxygens (including phenoxy) is 2. The van der Waals surface area contributed by atoms with E-state index in [0.717, 1.165) is 23.6 Å². The van der Waals surface area contributed by atoms with E-state index in [-0.39, 0.29) is 5.91 Å². The number of nitrogens with one attached hydrogen (secondary N) is 2. The Kier molecular flexibility index (Phi) is 7.57. The van der Waals surface area contributed by atoms with Gasteiger partial charge in [0.15, 0.2) is 6.54 Å². The Morgan fingerprint density at radius 3 is 2.68 bits per heavy atom. The number of quaternary nitrogens is 1. The minimum atomic E-state index is -0.0814. The first kappa shape index (κ1) is 19.1. The smallest absolute Gasteiger partial charge is 0.279 e. The molecule has 0 saturated carbocycles. The van der Waals surface area contributed by atoms with Crippen LogP contribution in [0.1, 0.15) is 6.42 Å². The maximum absolute atomic E-state index is 12.2. The molecule has 6 heteroatoms. The summed E-state index contributed by atoms with van der Waals surface area (Å²) in [5.41, 5.74) is 0.584. The lowest BCUT2D eigenvalue weighted by molar-refractivity contribution is -0.871. The molecule has 0 radical (unpaired) electrons. The van der Waals surface area contributed by atoms with Crippen LogP contribution < -0.4 is 19.7 Å². The molecule has 1 unspecified atom stereocenters. The number of carbonyl (C=O) groups excluding carboxylic acids is 1. The highest BCUT2D eigenvalue weighted by molar-refractivity contribution is 6.31. The fraction of sp³-hybridized carbons (Fsp3) is 0.316. The predicted molar refractivity (Wildman–Crippen MR) is 99.8 cm³/mol. The average molecular weight is 364 g/mol. The standard InChI is InChI=1S/C19H23ClN2O3/c1-22(11-6-12-25-16-7-4-3-5-8-16)14-19(23)21-17-13-15(20)9-10-18(17)24-2/h3-5,7-10,13H,6,11-12,14H2,1-2H3,(H,21,23)/p+1. The second-order valence-electron chi connectivity index (χ2n) is 5.79. The van der Waals surface area contributed by atoms with Gasteiger partial charge in [-0.3, -0.25) is 4.79 Å². The maximum atomic E-state index is 12.2. The summed E-state index contributed by atoms with van der Waals surface area (Å²) in [4.78, 5) is 13.3. The normalized spacial score (nSPS) is 11.6. The van der Waals surface area contributed by atoms with Crippen LogP contribution in [0.15, 0.2) is 48.5 Å². The lowest BCUT2D eigenvalue weighted by atomic mass is 10.3. The molecule has 0 fully saturated rings. The van der Waals surface area contributed by atoms with E-state index in [2.05, 4.69) is 5.32 Å². The highest BCUT2D eigenvalue weighted by Gasteiger charge is 2.13. The summed E-state index contributed by atoms with van der Waals surface area (Å²) in [5.74, 6) is 1.37. The van der Waals surface area contributed by atoms with E-state index in [1.165, 1.54) is 0 Å². The van der Waals surface area contributed by atoms with Crippen molar-refractivity contribution in [3.05, 3.63) is 53.6 Å². The average Bonchev–Trinajstić information content (AvgIpc) is 2.60. The topological polar surface area (TPSA) is 52.0 Å². The number of anilines is 1. The Morgan fingerprint density at radius 2 is 1.96 bits per heavy atom. The number of methoxy groups -OCH3 is 1. The number of carbonyl (C=O) groups is 1. The molecule has 0 aliphatic rings. The highest BCUT2D eigenvalue weighted by atomic mass is 35.5. The number of hydrogen-bond donors (Lipinski definition) is 2. The molecule has 0 saturated heterocycles. The summed E-state index contributed by atoms with van der Waals surface area (Å²) < 4.78 is 10.9. The van der Waals surface area contributed by atoms with Gasteiger partial charge in [0, 0.05) is 11.4 Å². The second kappa shape index (κ2) is 9.91. The first-order valence-corrected chi connectivity index (χ1v) is 8.59. The van der Waals surface area contributed by atoms with Gasteiger partial charge in [-0.1, -0.05) is 29.8 Å². The summed E-state index contributed by atoms with van der Waals surface area (Å²) in [5, 5.41) is 3.40. The third-order valence-electron chi connectivity index (χ3n) is 3.66. The molecule has 0 aliphatic heterocycles. The fourth-order valence-electron chi connectivity index (χ4n) is 2.42. The van der Waals surface area contributed by atoms with Crippen LogP contribution in [0.4, 0.5) is 5.69 Å². The largest absolute Gasteiger partial charge is 0.495 e. The second-order valence-corrected chi connectivity index (χ2v) is 6.23. The lowest BCUT2D eigenvalue weighted by Gasteiger charge is -2.15. The molecular formula is C19H24ClN2O3+. The van der Waals surface area contributed by atoms with Gasteiger partial charge in [0.1, 0.15) is 11.5 Å². The minimum absolute atomic E-state index is 0.0814. The Hall–Kier alpha value is -2.24. The van der Waals surface area contributed by atoms with Crippen molar-refractivity contribution in [3.8, 4) is 11.5 Å². The summed E-state index contributed by atoms with van der Waals surface area (Å²) >= 11 is 5.97. The van der Waals surface area contributed by atoms with Crippen molar-refractivity contribution in [2.45, 2.75) is 6.42 Å². The highest BCUT2D eigenvalue weighted by Crippen LogP contribution is 2.27. The van der Waals surface area contributed by atoms with Crippen molar-refractivity contribution in [2.75, 3.05) is 39.2 Å². The molecule has 2 N–H and O–H groups in total. The van der Waals surface area contributed by atoms with Crippen LogP contribution in [0.3, 0.4) is 0 Å². The van der Waals surface area contributed by atoms with Crippen LogP contribution in [0.25, 0.3) is 0 Å². The Balaban J connectivity index is 1.72. The molecule has 0 bridgehead atoms. The van der Waals surface area contributed by atoms with Crippen molar-refractivity contribution in [1.29, 1.82) is 0 Å². The van der Waals surface area contributed by atoms with Crippen molar-refractivity contribution in [2.24, 2.45) is 0 Å². The number of likely N-dealkylation sites (N-methyl/N-ethyl adjacent to an activating group) is 1. The number of rotatable bonds is 9. The van der Waals surface area contributed by atoms with Crippen LogP contribution in [-0.2, 0) is 4.79 Å². The van der Waals surface area contributed by atoms with Crippen LogP contribution in [0, 0.1) is 0 Å². The van der Waals surface area contributed by atoms with Gasteiger partial charge < -0.3 is 19.7 Å². The van der Waals surface area contributed by atoms with Gasteiger partial charge in [0.25, 0.3) is 5.91 Å². The van der Waals surface area contributed by atoms with Gasteiger partial charge in [-0.15, -0.1) is 0 Å². The van der Waals surface area contributed by atoms with Gasteiger partial charge in [-0.25, -0.2) is 0 Å². The van der Waals surface area contributed by atoms with E-state index in [9.17, 15) is 4.79 Å². The van der Waals surface area contributed by atoms with E-state index < -0.39 is 0 Å². The number of halogens is 1. The molecule has 1 amide bonds. The van der Waals surface area contributed by atoms with Crippen molar-refractivity contribution < 1.29 is 19.2 Å². The zero-order valence-corrected chi connectivity index (χ0v) is 15.3. The Bertz CT molecular complexity index is 680. The number of amides is 1. The fourth-order valence-corrected chi connectivity index (χ4v) is 2.59. The summed E-state index contributed by atoms with van der Waals surface area (Å²) in [6.45, 7) is 1.83. The summed E-state index contributed by atoms with van der Waals surface area (Å²) in [6.07, 6.45) is 0.870. The molecule has 1 atom stereocenters. The third kappa shape index (κ3) is 6.64. The van der Waals surface area contributed by atoms with Crippen molar-refractivity contribution in [1.82, 2.24) is 0 Å². The predicted octanol–water partition coefficient (Wildman–Crippen LogP) is 2.27. The molecule has 25 heavy (non-hydrogen) atoms. The molecule has 5 nitrogen and oxygen atoms in total. The molecule has 134 valence electrons. The number of para-hydroxylation sites is 1. The molecule has 0 heterocycles. The third-order valence-corrected chi connectivity index (χ3v) is 3.89. The van der Waals surface area contributed by atoms with E-state index in [4.69, 9.17) is 21.1 Å². The van der Waals surface area contributed by atoms with Gasteiger partial charge >= 0.3 is 0 Å². The van der Waals surface area contributed by atoms with Gasteiger partial charge in [0.2, 0.25) is 0 Å². The molecule has 0 aromatic heterocycles. The molecular weight excluding hydrogens is 340 g/mol. The van der Waals surface area contributed by atoms with Gasteiger partial charge in [-0.05, 0) is 30.3 Å². The first-order chi connectivity index (χ1) is 12.1. The Labute approximate surface area is 153 Å². The maximum Gasteiger partial charge on any atom is 0.279 e.